The smallest absolute Gasteiger partial charge is 0.151 e. The third-order valence-corrected chi connectivity index (χ3v) is 8.80. The Balaban J connectivity index is 1.19. The Hall–Kier alpha value is -1.86. The molecule has 28 heavy (non-hydrogen) atoms. The van der Waals surface area contributed by atoms with Gasteiger partial charge in [-0.1, -0.05) is 72.1 Å². The molecule has 0 aliphatic carbocycles. The molecule has 3 aromatic carbocycles. The van der Waals surface area contributed by atoms with E-state index in [9.17, 15) is 0 Å². The van der Waals surface area contributed by atoms with Crippen LogP contribution in [0.3, 0.4) is 0 Å². The average Bonchev–Trinajstić information content (AvgIpc) is 3.34. The summed E-state index contributed by atoms with van der Waals surface area (Å²) in [6.45, 7) is 0. The summed E-state index contributed by atoms with van der Waals surface area (Å²) >= 11 is 7.16. The van der Waals surface area contributed by atoms with Crippen molar-refractivity contribution in [3.63, 3.8) is 0 Å². The highest BCUT2D eigenvalue weighted by Gasteiger charge is 2.06. The van der Waals surface area contributed by atoms with Crippen LogP contribution in [0.5, 0.6) is 0 Å². The van der Waals surface area contributed by atoms with Gasteiger partial charge in [0.25, 0.3) is 0 Å². The van der Waals surface area contributed by atoms with Crippen LogP contribution in [0.25, 0.3) is 20.4 Å². The molecule has 6 heteroatoms. The van der Waals surface area contributed by atoms with Crippen molar-refractivity contribution in [2.75, 3.05) is 0 Å². The van der Waals surface area contributed by atoms with Crippen molar-refractivity contribution in [2.45, 2.75) is 20.2 Å². The second-order valence-corrected chi connectivity index (χ2v) is 10.8. The van der Waals surface area contributed by atoms with Crippen molar-refractivity contribution in [1.82, 2.24) is 9.97 Å². The molecule has 0 radical (unpaired) electrons. The second kappa shape index (κ2) is 8.25. The number of rotatable bonds is 6. The number of hydrogen-bond acceptors (Lipinski definition) is 6. The topological polar surface area (TPSA) is 25.8 Å². The summed E-state index contributed by atoms with van der Waals surface area (Å²) < 4.78 is 4.78. The van der Waals surface area contributed by atoms with Gasteiger partial charge in [0.2, 0.25) is 0 Å². The van der Waals surface area contributed by atoms with Crippen LogP contribution >= 0.6 is 46.2 Å². The minimum atomic E-state index is 0.950. The van der Waals surface area contributed by atoms with E-state index in [2.05, 4.69) is 60.7 Å². The Kier molecular flexibility index (Phi) is 5.36. The van der Waals surface area contributed by atoms with Gasteiger partial charge in [0.1, 0.15) is 0 Å². The molecule has 5 aromatic rings. The zero-order valence-electron chi connectivity index (χ0n) is 14.9. The summed E-state index contributed by atoms with van der Waals surface area (Å²) in [6.07, 6.45) is 0. The summed E-state index contributed by atoms with van der Waals surface area (Å²) in [6, 6.07) is 25.6. The van der Waals surface area contributed by atoms with E-state index in [-0.39, 0.29) is 0 Å². The molecule has 0 fully saturated rings. The molecule has 0 aliphatic rings. The fourth-order valence-corrected chi connectivity index (χ4v) is 6.90. The van der Waals surface area contributed by atoms with Gasteiger partial charge in [0, 0.05) is 11.5 Å². The van der Waals surface area contributed by atoms with Crippen molar-refractivity contribution in [3.05, 3.63) is 83.9 Å². The molecule has 0 saturated carbocycles. The number of fused-ring (bicyclic) bond motifs is 2. The summed E-state index contributed by atoms with van der Waals surface area (Å²) in [7, 11) is 0. The Morgan fingerprint density at radius 2 is 1.00 bits per heavy atom. The van der Waals surface area contributed by atoms with Gasteiger partial charge in [0.15, 0.2) is 8.68 Å². The van der Waals surface area contributed by atoms with Gasteiger partial charge in [0.05, 0.1) is 20.4 Å². The fourth-order valence-electron chi connectivity index (χ4n) is 2.85. The molecule has 0 aliphatic heterocycles. The molecule has 2 aromatic heterocycles. The van der Waals surface area contributed by atoms with E-state index in [1.54, 1.807) is 22.7 Å². The zero-order valence-corrected chi connectivity index (χ0v) is 18.1. The van der Waals surface area contributed by atoms with Crippen molar-refractivity contribution < 1.29 is 0 Å². The lowest BCUT2D eigenvalue weighted by Crippen LogP contribution is -1.84. The van der Waals surface area contributed by atoms with E-state index in [1.165, 1.54) is 20.5 Å². The number of benzene rings is 3. The maximum Gasteiger partial charge on any atom is 0.151 e. The van der Waals surface area contributed by atoms with Gasteiger partial charge >= 0.3 is 0 Å². The lowest BCUT2D eigenvalue weighted by molar-refractivity contribution is 1.27. The van der Waals surface area contributed by atoms with Crippen molar-refractivity contribution in [2.24, 2.45) is 0 Å². The predicted molar refractivity (Wildman–Crippen MR) is 125 cm³/mol. The van der Waals surface area contributed by atoms with Gasteiger partial charge in [-0.05, 0) is 35.4 Å². The molecule has 0 spiro atoms. The highest BCUT2D eigenvalue weighted by molar-refractivity contribution is 8.00. The van der Waals surface area contributed by atoms with Crippen LogP contribution in [0.4, 0.5) is 0 Å². The Labute approximate surface area is 180 Å². The Bertz CT molecular complexity index is 1060. The third kappa shape index (κ3) is 4.10. The summed E-state index contributed by atoms with van der Waals surface area (Å²) in [5, 5.41) is 0. The van der Waals surface area contributed by atoms with Gasteiger partial charge in [-0.2, -0.15) is 0 Å². The lowest BCUT2D eigenvalue weighted by atomic mass is 10.2. The molecule has 138 valence electrons. The standard InChI is InChI=1S/C22H16N2S4/c1-3-7-19-17(5-1)23-21(27-19)25-13-15-9-11-16(12-10-15)14-26-22-24-18-6-2-4-8-20(18)28-22/h1-12H,13-14H2. The van der Waals surface area contributed by atoms with E-state index in [4.69, 9.17) is 9.97 Å². The second-order valence-electron chi connectivity index (χ2n) is 6.29. The number of thiazole rings is 2. The van der Waals surface area contributed by atoms with E-state index in [0.717, 1.165) is 31.2 Å². The molecular weight excluding hydrogens is 421 g/mol. The summed E-state index contributed by atoms with van der Waals surface area (Å²) in [4.78, 5) is 9.40. The van der Waals surface area contributed by atoms with E-state index >= 15 is 0 Å². The first kappa shape index (κ1) is 18.2. The monoisotopic (exact) mass is 436 g/mol. The van der Waals surface area contributed by atoms with Gasteiger partial charge in [-0.3, -0.25) is 0 Å². The summed E-state index contributed by atoms with van der Waals surface area (Å²) in [5.41, 5.74) is 4.85. The third-order valence-electron chi connectivity index (χ3n) is 4.30. The minimum absolute atomic E-state index is 0.950. The van der Waals surface area contributed by atoms with Crippen LogP contribution in [0.2, 0.25) is 0 Å². The minimum Gasteiger partial charge on any atom is -0.230 e. The molecule has 0 unspecified atom stereocenters. The first-order chi connectivity index (χ1) is 13.8. The lowest BCUT2D eigenvalue weighted by Gasteiger charge is -2.02. The zero-order chi connectivity index (χ0) is 18.8. The molecule has 0 atom stereocenters. The van der Waals surface area contributed by atoms with Crippen molar-refractivity contribution in [1.29, 1.82) is 0 Å². The first-order valence-electron chi connectivity index (χ1n) is 8.88. The van der Waals surface area contributed by atoms with E-state index < -0.39 is 0 Å². The highest BCUT2D eigenvalue weighted by Crippen LogP contribution is 2.33. The van der Waals surface area contributed by atoms with E-state index in [1.807, 2.05) is 35.7 Å². The fraction of sp³-hybridized carbons (Fsp3) is 0.0909. The number of hydrogen-bond donors (Lipinski definition) is 0. The number of thioether (sulfide) groups is 2. The van der Waals surface area contributed by atoms with Crippen LogP contribution in [0.1, 0.15) is 11.1 Å². The molecule has 0 amide bonds. The number of aromatic nitrogens is 2. The molecule has 0 bridgehead atoms. The summed E-state index contributed by atoms with van der Waals surface area (Å²) in [5.74, 6) is 1.90. The van der Waals surface area contributed by atoms with Crippen LogP contribution in [-0.4, -0.2) is 9.97 Å². The van der Waals surface area contributed by atoms with E-state index in [0.29, 0.717) is 0 Å². The molecule has 5 rings (SSSR count). The predicted octanol–water partition coefficient (Wildman–Crippen LogP) is 7.49. The van der Waals surface area contributed by atoms with Crippen molar-refractivity contribution >= 4 is 66.6 Å². The van der Waals surface area contributed by atoms with Crippen molar-refractivity contribution in [3.8, 4) is 0 Å². The average molecular weight is 437 g/mol. The Morgan fingerprint density at radius 3 is 1.43 bits per heavy atom. The largest absolute Gasteiger partial charge is 0.230 e. The molecular formula is C22H16N2S4. The molecule has 2 nitrogen and oxygen atoms in total. The SMILES string of the molecule is c1ccc2sc(SCc3ccc(CSc4nc5ccccc5s4)cc3)nc2c1. The van der Waals surface area contributed by atoms with Crippen LogP contribution in [0, 0.1) is 0 Å². The Morgan fingerprint density at radius 1 is 0.571 bits per heavy atom. The molecule has 0 N–H and O–H groups in total. The normalized spacial score (nSPS) is 11.4. The number of nitrogens with zero attached hydrogens (tertiary/aromatic N) is 2. The van der Waals surface area contributed by atoms with Gasteiger partial charge in [-0.25, -0.2) is 9.97 Å². The maximum atomic E-state index is 4.70. The van der Waals surface area contributed by atoms with Crippen LogP contribution in [0.15, 0.2) is 81.5 Å². The molecule has 0 saturated heterocycles. The first-order valence-corrected chi connectivity index (χ1v) is 12.5. The quantitative estimate of drug-likeness (QED) is 0.258. The van der Waals surface area contributed by atoms with Crippen LogP contribution in [-0.2, 0) is 11.5 Å². The van der Waals surface area contributed by atoms with Crippen LogP contribution < -0.4 is 0 Å². The van der Waals surface area contributed by atoms with Gasteiger partial charge in [-0.15, -0.1) is 22.7 Å². The highest BCUT2D eigenvalue weighted by atomic mass is 32.2. The maximum absolute atomic E-state index is 4.70. The molecule has 2 heterocycles. The number of para-hydroxylation sites is 2. The van der Waals surface area contributed by atoms with Gasteiger partial charge < -0.3 is 0 Å².